The van der Waals surface area contributed by atoms with Gasteiger partial charge in [0.1, 0.15) is 34.9 Å². The Balaban J connectivity index is 0.000000235. The van der Waals surface area contributed by atoms with Gasteiger partial charge in [0.15, 0.2) is 6.29 Å². The Hall–Kier alpha value is -4.89. The van der Waals surface area contributed by atoms with Crippen LogP contribution in [0.2, 0.25) is 0 Å². The average Bonchev–Trinajstić information content (AvgIpc) is 4.05. The summed E-state index contributed by atoms with van der Waals surface area (Å²) in [6.07, 6.45) is -1.21. The van der Waals surface area contributed by atoms with Crippen LogP contribution in [0.4, 0.5) is 38.0 Å². The molecule has 1 aliphatic heterocycles. The number of anilines is 2. The fourth-order valence-corrected chi connectivity index (χ4v) is 7.38. The minimum absolute atomic E-state index is 0. The van der Waals surface area contributed by atoms with E-state index in [1.165, 1.54) is 30.3 Å². The number of carbonyl (C=O) groups excluding carboxylic acids is 1. The van der Waals surface area contributed by atoms with E-state index < -0.39 is 54.0 Å². The van der Waals surface area contributed by atoms with Crippen molar-refractivity contribution >= 4 is 28.4 Å². The van der Waals surface area contributed by atoms with E-state index in [9.17, 15) is 35.9 Å². The molecule has 19 heteroatoms. The fraction of sp³-hybridized carbons (Fsp3) is 0.467. The molecule has 1 amide bonds. The number of carbonyl (C=O) groups is 1. The molecular formula is C45H52F6IN8O4-. The number of alkyl halides is 4. The lowest BCUT2D eigenvalue weighted by Gasteiger charge is -2.23. The Bertz CT molecular complexity index is 2550. The molecule has 3 aromatic heterocycles. The first-order valence-electron chi connectivity index (χ1n) is 20.4. The van der Waals surface area contributed by atoms with Crippen LogP contribution < -0.4 is 45.5 Å². The van der Waals surface area contributed by atoms with Gasteiger partial charge in [0, 0.05) is 34.5 Å². The molecule has 3 fully saturated rings. The van der Waals surface area contributed by atoms with Gasteiger partial charge in [0.25, 0.3) is 18.4 Å². The molecule has 2 aromatic carbocycles. The number of ether oxygens (including phenoxy) is 2. The molecule has 64 heavy (non-hydrogen) atoms. The summed E-state index contributed by atoms with van der Waals surface area (Å²) in [5.74, 6) is -0.492. The zero-order chi connectivity index (χ0) is 44.7. The van der Waals surface area contributed by atoms with E-state index in [4.69, 9.17) is 9.47 Å². The van der Waals surface area contributed by atoms with Crippen molar-refractivity contribution in [3.8, 4) is 0 Å². The summed E-state index contributed by atoms with van der Waals surface area (Å²) in [5.41, 5.74) is -0.244. The molecule has 0 radical (unpaired) electrons. The third-order valence-electron chi connectivity index (χ3n) is 11.4. The summed E-state index contributed by atoms with van der Waals surface area (Å²) >= 11 is 0. The monoisotopic (exact) mass is 1010 g/mol. The summed E-state index contributed by atoms with van der Waals surface area (Å²) in [6.45, 7) is 11.4. The highest BCUT2D eigenvalue weighted by Gasteiger charge is 2.41. The largest absolute Gasteiger partial charge is 1.00 e. The van der Waals surface area contributed by atoms with Crippen molar-refractivity contribution in [3.63, 3.8) is 0 Å². The number of benzene rings is 2. The highest BCUT2D eigenvalue weighted by Crippen LogP contribution is 2.42. The van der Waals surface area contributed by atoms with E-state index in [0.717, 1.165) is 37.8 Å². The molecule has 3 aliphatic rings. The first kappa shape index (κ1) is 50.1. The average molecular weight is 1010 g/mol. The minimum Gasteiger partial charge on any atom is -1.00 e. The summed E-state index contributed by atoms with van der Waals surface area (Å²) in [6, 6.07) is 8.00. The van der Waals surface area contributed by atoms with E-state index in [0.29, 0.717) is 58.7 Å². The smallest absolute Gasteiger partial charge is 0.266 e. The van der Waals surface area contributed by atoms with Crippen LogP contribution in [-0.4, -0.2) is 49.2 Å². The first-order valence-corrected chi connectivity index (χ1v) is 20.4. The number of nitrogens with zero attached hydrogens (tertiary/aromatic N) is 5. The maximum atomic E-state index is 14.7. The number of rotatable bonds is 13. The molecular weight excluding hydrogens is 957 g/mol. The van der Waals surface area contributed by atoms with Gasteiger partial charge in [-0.25, -0.2) is 46.3 Å². The highest BCUT2D eigenvalue weighted by molar-refractivity contribution is 5.88. The van der Waals surface area contributed by atoms with Crippen molar-refractivity contribution < 1.29 is 64.6 Å². The van der Waals surface area contributed by atoms with Gasteiger partial charge in [-0.3, -0.25) is 9.59 Å². The zero-order valence-corrected chi connectivity index (χ0v) is 37.6. The molecule has 0 bridgehead atoms. The van der Waals surface area contributed by atoms with Gasteiger partial charge in [-0.15, -0.1) is 0 Å². The van der Waals surface area contributed by atoms with Crippen LogP contribution in [0, 0.1) is 25.5 Å². The summed E-state index contributed by atoms with van der Waals surface area (Å²) < 4.78 is 94.7. The number of nitrogens with one attached hydrogen (secondary N) is 3. The van der Waals surface area contributed by atoms with Gasteiger partial charge in [-0.1, -0.05) is 43.8 Å². The maximum absolute atomic E-state index is 14.7. The lowest BCUT2D eigenvalue weighted by Crippen LogP contribution is -3.00. The topological polar surface area (TPSA) is 145 Å². The van der Waals surface area contributed by atoms with E-state index in [-0.39, 0.29) is 71.5 Å². The Kier molecular flexibility index (Phi) is 15.7. The predicted molar refractivity (Wildman–Crippen MR) is 226 cm³/mol. The minimum atomic E-state index is -2.92. The van der Waals surface area contributed by atoms with Crippen molar-refractivity contribution in [2.45, 2.75) is 123 Å². The molecule has 1 saturated heterocycles. The third kappa shape index (κ3) is 11.1. The number of hydrogen-bond donors (Lipinski definition) is 3. The van der Waals surface area contributed by atoms with Gasteiger partial charge in [-0.05, 0) is 67.2 Å². The van der Waals surface area contributed by atoms with Gasteiger partial charge >= 0.3 is 0 Å². The summed E-state index contributed by atoms with van der Waals surface area (Å²) in [4.78, 5) is 42.8. The van der Waals surface area contributed by atoms with Crippen molar-refractivity contribution in [1.82, 2.24) is 29.8 Å². The Morgan fingerprint density at radius 1 is 0.797 bits per heavy atom. The van der Waals surface area contributed by atoms with Crippen LogP contribution >= 0.6 is 0 Å². The van der Waals surface area contributed by atoms with E-state index in [1.54, 1.807) is 38.5 Å². The normalized spacial score (nSPS) is 16.8. The van der Waals surface area contributed by atoms with Gasteiger partial charge in [-0.2, -0.15) is 0 Å². The van der Waals surface area contributed by atoms with Crippen LogP contribution in [0.5, 0.6) is 0 Å². The van der Waals surface area contributed by atoms with Crippen LogP contribution in [0.25, 0.3) is 10.9 Å². The Morgan fingerprint density at radius 3 is 1.81 bits per heavy atom. The molecule has 8 rings (SSSR count). The highest BCUT2D eigenvalue weighted by atomic mass is 127. The molecule has 4 heterocycles. The summed E-state index contributed by atoms with van der Waals surface area (Å²) in [7, 11) is 0. The van der Waals surface area contributed by atoms with Crippen LogP contribution in [-0.2, 0) is 26.2 Å². The van der Waals surface area contributed by atoms with E-state index in [2.05, 4.69) is 35.9 Å². The molecule has 0 unspecified atom stereocenters. The van der Waals surface area contributed by atoms with Crippen molar-refractivity contribution in [3.05, 3.63) is 116 Å². The van der Waals surface area contributed by atoms with Crippen molar-refractivity contribution in [2.24, 2.45) is 0 Å². The second-order valence-corrected chi connectivity index (χ2v) is 16.6. The first-order chi connectivity index (χ1) is 29.4. The van der Waals surface area contributed by atoms with Crippen molar-refractivity contribution in [2.75, 3.05) is 23.8 Å². The standard InChI is InChI=1S/C23H27F3N4O3.C21H21F3N4O.CH4.HI/c1-12(14-5-4-6-15(19(14)24)20(25)26)27-21-18(22-32-9-10-33-22)16(28-13(2)29-21)11-17(31)30-23(3)7-8-23;1-11(13-5-4-6-14(18(13)22)19(23)24)25-20-15-10-28(21(3)7-8-21)17(29)9-16(15)26-12(2)27-20;;/h4-6,12,20,22H,7-11H2,1-3H3,(H,30,31)(H,27,28,29);4-6,9-11,19H,7-8H2,1-3H3,(H,25,26,27);1H4;1H/p-1/t12-;11-;;/m11../s1. The van der Waals surface area contributed by atoms with Gasteiger partial charge in [0.2, 0.25) is 5.91 Å². The number of fused-ring (bicyclic) bond motifs is 1. The second kappa shape index (κ2) is 20.1. The predicted octanol–water partition coefficient (Wildman–Crippen LogP) is 6.79. The number of pyridine rings is 1. The number of halogens is 7. The van der Waals surface area contributed by atoms with Crippen molar-refractivity contribution in [1.29, 1.82) is 0 Å². The molecule has 2 atom stereocenters. The molecule has 346 valence electrons. The number of amides is 1. The van der Waals surface area contributed by atoms with Gasteiger partial charge < -0.3 is 54.0 Å². The molecule has 5 aromatic rings. The van der Waals surface area contributed by atoms with E-state index >= 15 is 0 Å². The number of hydrogen-bond acceptors (Lipinski definition) is 10. The molecule has 12 nitrogen and oxygen atoms in total. The van der Waals surface area contributed by atoms with E-state index in [1.807, 2.05) is 13.8 Å². The van der Waals surface area contributed by atoms with Crippen LogP contribution in [0.15, 0.2) is 53.5 Å². The summed E-state index contributed by atoms with van der Waals surface area (Å²) in [5, 5.41) is 9.84. The fourth-order valence-electron chi connectivity index (χ4n) is 7.38. The maximum Gasteiger partial charge on any atom is 0.266 e. The molecule has 0 spiro atoms. The Labute approximate surface area is 384 Å². The molecule has 3 N–H and O–H groups in total. The number of aryl methyl sites for hydroxylation is 2. The SMILES string of the molecule is C.Cc1nc(CC(=O)NC2(C)CC2)c(C2OCCO2)c(N[C@H](C)c2cccc(C(F)F)c2F)n1.Cc1nc(N[C@H](C)c2cccc(C(F)F)c2F)c2cn(C3(C)CC3)c(=O)cc2n1.[I-]. The number of aromatic nitrogens is 5. The molecule has 2 saturated carbocycles. The zero-order valence-electron chi connectivity index (χ0n) is 35.5. The lowest BCUT2D eigenvalue weighted by molar-refractivity contribution is -0.121. The third-order valence-corrected chi connectivity index (χ3v) is 11.4. The quantitative estimate of drug-likeness (QED) is 0.0853. The van der Waals surface area contributed by atoms with Gasteiger partial charge in [0.05, 0.1) is 65.0 Å². The van der Waals surface area contributed by atoms with Crippen LogP contribution in [0.3, 0.4) is 0 Å². The molecule has 2 aliphatic carbocycles. The lowest BCUT2D eigenvalue weighted by atomic mass is 10.0. The second-order valence-electron chi connectivity index (χ2n) is 16.6. The Morgan fingerprint density at radius 2 is 1.30 bits per heavy atom. The van der Waals surface area contributed by atoms with Crippen LogP contribution in [0.1, 0.15) is 137 Å².